The molecule has 0 bridgehead atoms. The van der Waals surface area contributed by atoms with Crippen LogP contribution >= 0.6 is 0 Å². The fraction of sp³-hybridized carbons (Fsp3) is 0.857. The molecule has 5 heteroatoms. The minimum absolute atomic E-state index is 0.0934. The van der Waals surface area contributed by atoms with E-state index in [2.05, 4.69) is 10.6 Å². The first-order valence-corrected chi connectivity index (χ1v) is 4.01. The van der Waals surface area contributed by atoms with Crippen LogP contribution in [0, 0.1) is 0 Å². The maximum atomic E-state index is 10.7. The van der Waals surface area contributed by atoms with E-state index >= 15 is 0 Å². The van der Waals surface area contributed by atoms with Gasteiger partial charge in [-0.1, -0.05) is 0 Å². The molecule has 0 amide bonds. The van der Waals surface area contributed by atoms with Crippen molar-refractivity contribution in [1.82, 2.24) is 10.6 Å². The van der Waals surface area contributed by atoms with E-state index in [0.717, 1.165) is 0 Å². The summed E-state index contributed by atoms with van der Waals surface area (Å²) >= 11 is 0. The average molecular weight is 174 g/mol. The average Bonchev–Trinajstić information content (AvgIpc) is 1.94. The van der Waals surface area contributed by atoms with Crippen molar-refractivity contribution < 1.29 is 15.0 Å². The Labute approximate surface area is 70.8 Å². The Morgan fingerprint density at radius 1 is 1.58 bits per heavy atom. The Balaban J connectivity index is 2.30. The van der Waals surface area contributed by atoms with Gasteiger partial charge in [-0.05, 0) is 13.0 Å². The van der Waals surface area contributed by atoms with E-state index in [1.807, 2.05) is 0 Å². The molecule has 1 aliphatic heterocycles. The highest BCUT2D eigenvalue weighted by Gasteiger charge is 2.43. The first-order chi connectivity index (χ1) is 5.71. The monoisotopic (exact) mass is 174 g/mol. The minimum atomic E-state index is -0.820. The number of aliphatic hydroxyl groups excluding tert-OH is 1. The first-order valence-electron chi connectivity index (χ1n) is 4.01. The topological polar surface area (TPSA) is 81.6 Å². The Morgan fingerprint density at radius 2 is 2.25 bits per heavy atom. The normalized spacial score (nSPS) is 20.1. The van der Waals surface area contributed by atoms with Gasteiger partial charge < -0.3 is 15.5 Å². The highest BCUT2D eigenvalue weighted by atomic mass is 16.4. The Hall–Kier alpha value is -0.650. The Bertz CT molecular complexity index is 168. The summed E-state index contributed by atoms with van der Waals surface area (Å²) in [6.07, 6.45) is 0.592. The maximum Gasteiger partial charge on any atom is 0.326 e. The minimum Gasteiger partial charge on any atom is -0.480 e. The molecule has 1 heterocycles. The van der Waals surface area contributed by atoms with E-state index in [0.29, 0.717) is 26.1 Å². The van der Waals surface area contributed by atoms with Crippen LogP contribution in [0.4, 0.5) is 0 Å². The number of aliphatic hydroxyl groups is 1. The van der Waals surface area contributed by atoms with Gasteiger partial charge in [-0.15, -0.1) is 0 Å². The number of carbonyl (C=O) groups is 1. The molecule has 0 aromatic heterocycles. The second-order valence-corrected chi connectivity index (χ2v) is 2.99. The summed E-state index contributed by atoms with van der Waals surface area (Å²) in [7, 11) is 0. The van der Waals surface area contributed by atoms with E-state index in [-0.39, 0.29) is 6.61 Å². The lowest BCUT2D eigenvalue weighted by Crippen LogP contribution is -2.72. The van der Waals surface area contributed by atoms with E-state index in [1.165, 1.54) is 0 Å². The molecule has 4 N–H and O–H groups in total. The number of nitrogens with one attached hydrogen (secondary N) is 2. The van der Waals surface area contributed by atoms with Crippen molar-refractivity contribution in [2.45, 2.75) is 12.0 Å². The zero-order chi connectivity index (χ0) is 9.03. The molecule has 5 nitrogen and oxygen atoms in total. The number of hydrogen-bond acceptors (Lipinski definition) is 4. The number of rotatable bonds is 5. The van der Waals surface area contributed by atoms with Gasteiger partial charge in [0.1, 0.15) is 5.54 Å². The molecule has 12 heavy (non-hydrogen) atoms. The highest BCUT2D eigenvalue weighted by Crippen LogP contribution is 2.10. The van der Waals surface area contributed by atoms with Crippen molar-refractivity contribution in [3.05, 3.63) is 0 Å². The quantitative estimate of drug-likeness (QED) is 0.377. The largest absolute Gasteiger partial charge is 0.480 e. The Kier molecular flexibility index (Phi) is 3.02. The maximum absolute atomic E-state index is 10.7. The lowest BCUT2D eigenvalue weighted by Gasteiger charge is -2.39. The van der Waals surface area contributed by atoms with Gasteiger partial charge in [-0.2, -0.15) is 0 Å². The molecular weight excluding hydrogens is 160 g/mol. The second-order valence-electron chi connectivity index (χ2n) is 2.99. The number of hydrogen-bond donors (Lipinski definition) is 4. The zero-order valence-corrected chi connectivity index (χ0v) is 6.84. The highest BCUT2D eigenvalue weighted by molar-refractivity contribution is 5.80. The molecule has 0 unspecified atom stereocenters. The van der Waals surface area contributed by atoms with Crippen LogP contribution in [-0.2, 0) is 4.79 Å². The zero-order valence-electron chi connectivity index (χ0n) is 6.84. The molecule has 0 aromatic rings. The standard InChI is InChI=1S/C7H14N2O3/c10-3-1-2-9-7(6(11)12)4-8-5-7/h8-10H,1-5H2,(H,11,12). The molecule has 0 saturated carbocycles. The summed E-state index contributed by atoms with van der Waals surface area (Å²) in [6.45, 7) is 1.57. The third-order valence-corrected chi connectivity index (χ3v) is 2.06. The van der Waals surface area contributed by atoms with Crippen LogP contribution in [0.5, 0.6) is 0 Å². The van der Waals surface area contributed by atoms with E-state index in [9.17, 15) is 4.79 Å². The van der Waals surface area contributed by atoms with Crippen LogP contribution in [0.15, 0.2) is 0 Å². The predicted molar refractivity (Wildman–Crippen MR) is 42.9 cm³/mol. The van der Waals surface area contributed by atoms with Gasteiger partial charge in [0.05, 0.1) is 0 Å². The summed E-state index contributed by atoms with van der Waals surface area (Å²) in [5.74, 6) is -0.820. The van der Waals surface area contributed by atoms with E-state index in [4.69, 9.17) is 10.2 Å². The molecular formula is C7H14N2O3. The fourth-order valence-electron chi connectivity index (χ4n) is 1.13. The van der Waals surface area contributed by atoms with Crippen LogP contribution in [0.1, 0.15) is 6.42 Å². The van der Waals surface area contributed by atoms with Crippen molar-refractivity contribution in [3.8, 4) is 0 Å². The van der Waals surface area contributed by atoms with Crippen LogP contribution in [0.25, 0.3) is 0 Å². The summed E-state index contributed by atoms with van der Waals surface area (Å²) in [4.78, 5) is 10.7. The number of carboxylic acid groups (broad SMARTS) is 1. The molecule has 1 fully saturated rings. The summed E-state index contributed by atoms with van der Waals surface area (Å²) < 4.78 is 0. The van der Waals surface area contributed by atoms with Crippen LogP contribution in [0.3, 0.4) is 0 Å². The van der Waals surface area contributed by atoms with Crippen molar-refractivity contribution >= 4 is 5.97 Å². The molecule has 0 spiro atoms. The number of aliphatic carboxylic acids is 1. The molecule has 1 saturated heterocycles. The van der Waals surface area contributed by atoms with Crippen molar-refractivity contribution in [1.29, 1.82) is 0 Å². The van der Waals surface area contributed by atoms with Crippen LogP contribution in [0.2, 0.25) is 0 Å². The van der Waals surface area contributed by atoms with Crippen molar-refractivity contribution in [3.63, 3.8) is 0 Å². The molecule has 0 atom stereocenters. The van der Waals surface area contributed by atoms with Crippen LogP contribution in [-0.4, -0.2) is 48.0 Å². The fourth-order valence-corrected chi connectivity index (χ4v) is 1.13. The first kappa shape index (κ1) is 9.44. The summed E-state index contributed by atoms with van der Waals surface area (Å²) in [6, 6.07) is 0. The van der Waals surface area contributed by atoms with Crippen molar-refractivity contribution in [2.75, 3.05) is 26.2 Å². The molecule has 70 valence electrons. The van der Waals surface area contributed by atoms with E-state index < -0.39 is 11.5 Å². The van der Waals surface area contributed by atoms with Gasteiger partial charge in [-0.3, -0.25) is 10.1 Å². The summed E-state index contributed by atoms with van der Waals surface area (Å²) in [5.41, 5.74) is -0.783. The predicted octanol–water partition coefficient (Wildman–Crippen LogP) is -1.61. The molecule has 0 aliphatic carbocycles. The van der Waals surface area contributed by atoms with Gasteiger partial charge in [-0.25, -0.2) is 0 Å². The second kappa shape index (κ2) is 3.84. The van der Waals surface area contributed by atoms with E-state index in [1.54, 1.807) is 0 Å². The third-order valence-electron chi connectivity index (χ3n) is 2.06. The van der Waals surface area contributed by atoms with Gasteiger partial charge in [0, 0.05) is 19.7 Å². The third kappa shape index (κ3) is 1.74. The number of carboxylic acids is 1. The van der Waals surface area contributed by atoms with Gasteiger partial charge >= 0.3 is 5.97 Å². The molecule has 1 aliphatic rings. The van der Waals surface area contributed by atoms with Gasteiger partial charge in [0.25, 0.3) is 0 Å². The molecule has 0 radical (unpaired) electrons. The Morgan fingerprint density at radius 3 is 2.58 bits per heavy atom. The molecule has 0 aromatic carbocycles. The lowest BCUT2D eigenvalue weighted by molar-refractivity contribution is -0.147. The molecule has 1 rings (SSSR count). The van der Waals surface area contributed by atoms with Crippen LogP contribution < -0.4 is 10.6 Å². The SMILES string of the molecule is O=C(O)C1(NCCCO)CNC1. The summed E-state index contributed by atoms with van der Waals surface area (Å²) in [5, 5.41) is 23.1. The van der Waals surface area contributed by atoms with Gasteiger partial charge in [0.2, 0.25) is 0 Å². The smallest absolute Gasteiger partial charge is 0.326 e. The van der Waals surface area contributed by atoms with Gasteiger partial charge in [0.15, 0.2) is 0 Å². The lowest BCUT2D eigenvalue weighted by atomic mass is 9.92. The van der Waals surface area contributed by atoms with Crippen molar-refractivity contribution in [2.24, 2.45) is 0 Å².